The van der Waals surface area contributed by atoms with Crippen LogP contribution in [0, 0.1) is 0 Å². The van der Waals surface area contributed by atoms with Crippen molar-refractivity contribution in [2.24, 2.45) is 0 Å². The molecule has 0 unspecified atom stereocenters. The number of aliphatic carboxylic acids is 2. The molecule has 38 heavy (non-hydrogen) atoms. The number of sulfone groups is 1. The van der Waals surface area contributed by atoms with Crippen molar-refractivity contribution in [3.8, 4) is 0 Å². The number of hydrogen-bond acceptors (Lipinski definition) is 7. The summed E-state index contributed by atoms with van der Waals surface area (Å²) in [5, 5.41) is 23.2. The number of pyridine rings is 1. The first-order valence-corrected chi connectivity index (χ1v) is 15.1. The molecule has 0 radical (unpaired) electrons. The highest BCUT2D eigenvalue weighted by molar-refractivity contribution is 7.91. The molecule has 4 N–H and O–H groups in total. The van der Waals surface area contributed by atoms with E-state index in [1.54, 1.807) is 6.20 Å². The van der Waals surface area contributed by atoms with Gasteiger partial charge in [0.15, 0.2) is 9.84 Å². The third-order valence-corrected chi connectivity index (χ3v) is 9.35. The van der Waals surface area contributed by atoms with Gasteiger partial charge in [-0.3, -0.25) is 14.6 Å². The number of aromatic nitrogens is 1. The molecule has 0 atom stereocenters. The predicted octanol–water partition coefficient (Wildman–Crippen LogP) is 4.22. The second kappa shape index (κ2) is 14.5. The van der Waals surface area contributed by atoms with Gasteiger partial charge in [0.05, 0.1) is 40.2 Å². The van der Waals surface area contributed by atoms with Crippen molar-refractivity contribution in [2.75, 3.05) is 18.4 Å². The van der Waals surface area contributed by atoms with Gasteiger partial charge in [-0.05, 0) is 67.6 Å². The number of fused-ring (bicyclic) bond motifs is 1. The normalized spacial score (nSPS) is 15.9. The minimum absolute atomic E-state index is 0.0140. The molecule has 9 nitrogen and oxygen atoms in total. The Hall–Kier alpha value is -2.69. The van der Waals surface area contributed by atoms with E-state index in [1.807, 2.05) is 18.2 Å². The maximum atomic E-state index is 13.0. The molecule has 1 aromatic heterocycles. The molecule has 11 heteroatoms. The zero-order valence-electron chi connectivity index (χ0n) is 21.4. The minimum Gasteiger partial charge on any atom is -0.481 e. The molecule has 1 aliphatic carbocycles. The summed E-state index contributed by atoms with van der Waals surface area (Å²) in [6.07, 6.45) is 7.72. The average molecular weight is 566 g/mol. The van der Waals surface area contributed by atoms with E-state index < -0.39 is 21.8 Å². The standard InChI is InChI=1S/C23H30ClN3O2S.C4H6O4/c24-21-9-8-17-10-13-25-14-11-20(17)23(21)27-15-18-5-4-12-26-22(18)16-30(28,29)19-6-2-1-3-7-19;5-3(6)1-2-4(7)8/h4-5,8-9,12,19,25,27H,1-3,6-7,10-11,13-16H2;1-2H2,(H,5,6)(H,7,8). The molecule has 0 spiro atoms. The molecular formula is C27H36ClN3O6S. The lowest BCUT2D eigenvalue weighted by Crippen LogP contribution is -2.26. The van der Waals surface area contributed by atoms with Gasteiger partial charge >= 0.3 is 11.9 Å². The fourth-order valence-corrected chi connectivity index (χ4v) is 7.00. The lowest BCUT2D eigenvalue weighted by atomic mass is 10.0. The Morgan fingerprint density at radius 2 is 1.71 bits per heavy atom. The molecule has 0 amide bonds. The van der Waals surface area contributed by atoms with Gasteiger partial charge in [-0.25, -0.2) is 8.42 Å². The van der Waals surface area contributed by atoms with Gasteiger partial charge in [0, 0.05) is 12.7 Å². The van der Waals surface area contributed by atoms with E-state index in [1.165, 1.54) is 11.1 Å². The summed E-state index contributed by atoms with van der Waals surface area (Å²) in [7, 11) is -3.19. The van der Waals surface area contributed by atoms with E-state index in [2.05, 4.69) is 21.7 Å². The summed E-state index contributed by atoms with van der Waals surface area (Å²) < 4.78 is 26.0. The molecule has 0 saturated heterocycles. The van der Waals surface area contributed by atoms with E-state index in [0.29, 0.717) is 17.3 Å². The molecule has 1 fully saturated rings. The number of rotatable bonds is 9. The number of carboxylic acid groups (broad SMARTS) is 2. The fraction of sp³-hybridized carbons (Fsp3) is 0.519. The van der Waals surface area contributed by atoms with Crippen LogP contribution in [0.4, 0.5) is 5.69 Å². The van der Waals surface area contributed by atoms with Gasteiger partial charge in [0.1, 0.15) is 0 Å². The van der Waals surface area contributed by atoms with Crippen LogP contribution in [0.25, 0.3) is 0 Å². The summed E-state index contributed by atoms with van der Waals surface area (Å²) in [5.41, 5.74) is 5.10. The van der Waals surface area contributed by atoms with Crippen molar-refractivity contribution in [3.05, 3.63) is 57.9 Å². The molecule has 4 rings (SSSR count). The first-order chi connectivity index (χ1) is 18.2. The van der Waals surface area contributed by atoms with E-state index in [4.69, 9.17) is 21.8 Å². The van der Waals surface area contributed by atoms with E-state index >= 15 is 0 Å². The number of hydrogen-bond donors (Lipinski definition) is 4. The highest BCUT2D eigenvalue weighted by Crippen LogP contribution is 2.32. The number of halogens is 1. The molecule has 0 bridgehead atoms. The highest BCUT2D eigenvalue weighted by atomic mass is 35.5. The molecule has 1 aromatic carbocycles. The van der Waals surface area contributed by atoms with Crippen LogP contribution in [0.15, 0.2) is 30.5 Å². The molecular weight excluding hydrogens is 530 g/mol. The largest absolute Gasteiger partial charge is 0.481 e. The Balaban J connectivity index is 0.000000436. The zero-order chi connectivity index (χ0) is 27.5. The van der Waals surface area contributed by atoms with Gasteiger partial charge in [-0.2, -0.15) is 0 Å². The van der Waals surface area contributed by atoms with E-state index in [-0.39, 0.29) is 23.8 Å². The van der Waals surface area contributed by atoms with Crippen LogP contribution in [0.1, 0.15) is 67.3 Å². The third-order valence-electron chi connectivity index (χ3n) is 6.87. The van der Waals surface area contributed by atoms with Crippen molar-refractivity contribution in [2.45, 2.75) is 75.3 Å². The first kappa shape index (κ1) is 29.9. The zero-order valence-corrected chi connectivity index (χ0v) is 23.0. The number of nitrogens with one attached hydrogen (secondary N) is 2. The van der Waals surface area contributed by atoms with E-state index in [9.17, 15) is 18.0 Å². The van der Waals surface area contributed by atoms with Crippen molar-refractivity contribution >= 4 is 39.1 Å². The lowest BCUT2D eigenvalue weighted by molar-refractivity contribution is -0.143. The van der Waals surface area contributed by atoms with Crippen LogP contribution in [-0.4, -0.2) is 53.9 Å². The Bertz CT molecular complexity index is 1200. The van der Waals surface area contributed by atoms with Gasteiger partial charge in [0.2, 0.25) is 0 Å². The van der Waals surface area contributed by atoms with Crippen molar-refractivity contribution in [1.29, 1.82) is 0 Å². The average Bonchev–Trinajstić information content (AvgIpc) is 3.14. The molecule has 2 heterocycles. The van der Waals surface area contributed by atoms with Crippen LogP contribution >= 0.6 is 11.6 Å². The Morgan fingerprint density at radius 3 is 2.39 bits per heavy atom. The van der Waals surface area contributed by atoms with Crippen LogP contribution in [0.5, 0.6) is 0 Å². The van der Waals surface area contributed by atoms with Crippen LogP contribution in [0.2, 0.25) is 5.02 Å². The monoisotopic (exact) mass is 565 g/mol. The highest BCUT2D eigenvalue weighted by Gasteiger charge is 2.28. The topological polar surface area (TPSA) is 146 Å². The van der Waals surface area contributed by atoms with Crippen LogP contribution < -0.4 is 10.6 Å². The Kier molecular flexibility index (Phi) is 11.4. The van der Waals surface area contributed by atoms with Gasteiger partial charge < -0.3 is 20.8 Å². The number of benzene rings is 1. The second-order valence-electron chi connectivity index (χ2n) is 9.63. The molecule has 2 aromatic rings. The van der Waals surface area contributed by atoms with Gasteiger partial charge in [-0.1, -0.05) is 43.0 Å². The summed E-state index contributed by atoms with van der Waals surface area (Å²) in [6.45, 7) is 2.41. The van der Waals surface area contributed by atoms with Crippen molar-refractivity contribution < 1.29 is 28.2 Å². The number of anilines is 1. The molecule has 1 saturated carbocycles. The quantitative estimate of drug-likeness (QED) is 0.351. The Labute approximate surface area is 228 Å². The number of carboxylic acids is 2. The maximum Gasteiger partial charge on any atom is 0.303 e. The summed E-state index contributed by atoms with van der Waals surface area (Å²) in [4.78, 5) is 23.7. The molecule has 208 valence electrons. The van der Waals surface area contributed by atoms with Crippen molar-refractivity contribution in [1.82, 2.24) is 10.3 Å². The third kappa shape index (κ3) is 8.96. The summed E-state index contributed by atoms with van der Waals surface area (Å²) >= 11 is 6.53. The second-order valence-corrected chi connectivity index (χ2v) is 12.3. The van der Waals surface area contributed by atoms with E-state index in [0.717, 1.165) is 69.3 Å². The van der Waals surface area contributed by atoms with Crippen LogP contribution in [0.3, 0.4) is 0 Å². The summed E-state index contributed by atoms with van der Waals surface area (Å²) in [5.74, 6) is -2.14. The lowest BCUT2D eigenvalue weighted by Gasteiger charge is -2.22. The molecule has 1 aliphatic heterocycles. The van der Waals surface area contributed by atoms with Gasteiger partial charge in [-0.15, -0.1) is 0 Å². The smallest absolute Gasteiger partial charge is 0.303 e. The van der Waals surface area contributed by atoms with Gasteiger partial charge in [0.25, 0.3) is 0 Å². The number of carbonyl (C=O) groups is 2. The first-order valence-electron chi connectivity index (χ1n) is 13.0. The number of nitrogens with zero attached hydrogens (tertiary/aromatic N) is 1. The molecule has 2 aliphatic rings. The minimum atomic E-state index is -3.19. The Morgan fingerprint density at radius 1 is 1.03 bits per heavy atom. The fourth-order valence-electron chi connectivity index (χ4n) is 4.83. The SMILES string of the molecule is O=C(O)CCC(=O)O.O=S(=O)(Cc1ncccc1CNc1c(Cl)ccc2c1CCNCC2)C1CCCCC1. The maximum absolute atomic E-state index is 13.0. The van der Waals surface area contributed by atoms with Crippen LogP contribution in [-0.2, 0) is 44.6 Å². The van der Waals surface area contributed by atoms with Crippen molar-refractivity contribution in [3.63, 3.8) is 0 Å². The summed E-state index contributed by atoms with van der Waals surface area (Å²) in [6, 6.07) is 7.89. The predicted molar refractivity (Wildman–Crippen MR) is 147 cm³/mol.